The molecule has 0 spiro atoms. The van der Waals surface area contributed by atoms with E-state index in [4.69, 9.17) is 40.4 Å². The van der Waals surface area contributed by atoms with Crippen LogP contribution in [-0.2, 0) is 9.59 Å². The molecule has 0 aliphatic carbocycles. The second kappa shape index (κ2) is 19.5. The van der Waals surface area contributed by atoms with Crippen molar-refractivity contribution in [3.8, 4) is 23.0 Å². The first-order valence-corrected chi connectivity index (χ1v) is 27.3. The molecule has 18 nitrogen and oxygen atoms in total. The van der Waals surface area contributed by atoms with Crippen molar-refractivity contribution in [2.24, 2.45) is 21.5 Å². The third-order valence-electron chi connectivity index (χ3n) is 17.1. The van der Waals surface area contributed by atoms with Crippen LogP contribution in [0.25, 0.3) is 0 Å². The number of nitrogens with two attached hydrogens (primary N) is 2. The first kappa shape index (κ1) is 55.1. The molecular formula is C60H73FN8O10. The summed E-state index contributed by atoms with van der Waals surface area (Å²) in [5, 5.41) is 30.0. The van der Waals surface area contributed by atoms with E-state index in [-0.39, 0.29) is 78.3 Å². The summed E-state index contributed by atoms with van der Waals surface area (Å²) in [6.07, 6.45) is -0.121. The zero-order valence-electron chi connectivity index (χ0n) is 46.6. The highest BCUT2D eigenvalue weighted by Gasteiger charge is 2.52. The largest absolute Gasteiger partial charge is 0.487 e. The number of amides is 4. The number of hydrogen-bond acceptors (Lipinski definition) is 14. The smallest absolute Gasteiger partial charge is 0.251 e. The predicted octanol–water partition coefficient (Wildman–Crippen LogP) is 7.91. The quantitative estimate of drug-likeness (QED) is 0.0838. The monoisotopic (exact) mass is 1080 g/mol. The van der Waals surface area contributed by atoms with Gasteiger partial charge in [0.15, 0.2) is 11.9 Å². The molecule has 0 fully saturated rings. The number of rotatable bonds is 11. The highest BCUT2D eigenvalue weighted by Crippen LogP contribution is 2.50. The molecule has 8 atom stereocenters. The van der Waals surface area contributed by atoms with Crippen LogP contribution in [0.15, 0.2) is 88.8 Å². The van der Waals surface area contributed by atoms with E-state index in [1.807, 2.05) is 60.6 Å². The van der Waals surface area contributed by atoms with Crippen molar-refractivity contribution < 1.29 is 52.7 Å². The molecular weight excluding hydrogens is 1010 g/mol. The third-order valence-corrected chi connectivity index (χ3v) is 17.1. The van der Waals surface area contributed by atoms with Crippen molar-refractivity contribution in [1.29, 1.82) is 0 Å². The van der Waals surface area contributed by atoms with Crippen molar-refractivity contribution >= 4 is 35.5 Å². The van der Waals surface area contributed by atoms with E-state index >= 15 is 4.39 Å². The molecule has 19 heteroatoms. The summed E-state index contributed by atoms with van der Waals surface area (Å²) in [6, 6.07) is 17.7. The van der Waals surface area contributed by atoms with E-state index < -0.39 is 87.5 Å². The van der Waals surface area contributed by atoms with Crippen LogP contribution in [0.5, 0.6) is 23.0 Å². The summed E-state index contributed by atoms with van der Waals surface area (Å²) < 4.78 is 41.1. The second-order valence-electron chi connectivity index (χ2n) is 24.6. The number of guanidine groups is 2. The Balaban J connectivity index is 0.928. The Kier molecular flexibility index (Phi) is 13.6. The highest BCUT2D eigenvalue weighted by molar-refractivity contribution is 6.01. The van der Waals surface area contributed by atoms with Gasteiger partial charge in [-0.25, -0.2) is 14.4 Å². The van der Waals surface area contributed by atoms with Crippen LogP contribution in [0.3, 0.4) is 0 Å². The maximum atomic E-state index is 15.2. The molecule has 6 aliphatic rings. The molecule has 0 saturated carbocycles. The van der Waals surface area contributed by atoms with Gasteiger partial charge in [-0.3, -0.25) is 29.0 Å². The Labute approximate surface area is 460 Å². The number of ether oxygens (including phenoxy) is 4. The molecule has 2 unspecified atom stereocenters. The van der Waals surface area contributed by atoms with Crippen LogP contribution in [0, 0.1) is 5.82 Å². The number of halogens is 1. The van der Waals surface area contributed by atoms with Crippen LogP contribution in [0.1, 0.15) is 188 Å². The maximum Gasteiger partial charge on any atom is 0.251 e. The number of nitrogens with one attached hydrogen (secondary N) is 2. The zero-order chi connectivity index (χ0) is 56.9. The Morgan fingerprint density at radius 3 is 1.77 bits per heavy atom. The van der Waals surface area contributed by atoms with Gasteiger partial charge < -0.3 is 51.3 Å². The Hall–Kier alpha value is -7.25. The van der Waals surface area contributed by atoms with Crippen molar-refractivity contribution in [3.05, 3.63) is 118 Å². The number of hydrogen-bond donors (Lipinski definition) is 6. The van der Waals surface area contributed by atoms with Crippen molar-refractivity contribution in [3.63, 3.8) is 0 Å². The molecule has 0 radical (unpaired) electrons. The van der Waals surface area contributed by atoms with Gasteiger partial charge in [-0.2, -0.15) is 0 Å². The minimum absolute atomic E-state index is 0.0136. The number of carbonyl (C=O) groups is 4. The molecule has 0 saturated heterocycles. The molecule has 0 aromatic heterocycles. The Morgan fingerprint density at radius 2 is 1.16 bits per heavy atom. The number of aliphatic hydroxyl groups is 2. The molecule has 420 valence electrons. The summed E-state index contributed by atoms with van der Waals surface area (Å²) in [4.78, 5) is 69.7. The van der Waals surface area contributed by atoms with E-state index in [2.05, 4.69) is 10.6 Å². The van der Waals surface area contributed by atoms with Gasteiger partial charge in [0.2, 0.25) is 11.8 Å². The van der Waals surface area contributed by atoms with E-state index in [1.165, 1.54) is 28.0 Å². The molecule has 4 amide bonds. The average Bonchev–Trinajstić information content (AvgIpc) is 3.45. The minimum Gasteiger partial charge on any atom is -0.487 e. The Bertz CT molecular complexity index is 3210. The molecule has 6 aliphatic heterocycles. The summed E-state index contributed by atoms with van der Waals surface area (Å²) in [5.74, 6) is -0.312. The number of aliphatic imine (C=N–C) groups is 2. The molecule has 6 heterocycles. The lowest BCUT2D eigenvalue weighted by Gasteiger charge is -2.48. The van der Waals surface area contributed by atoms with Gasteiger partial charge in [0.1, 0.15) is 63.4 Å². The van der Waals surface area contributed by atoms with Crippen LogP contribution in [-0.4, -0.2) is 101 Å². The summed E-state index contributed by atoms with van der Waals surface area (Å²) in [7, 11) is 0. The zero-order valence-corrected chi connectivity index (χ0v) is 46.6. The van der Waals surface area contributed by atoms with Gasteiger partial charge in [0, 0.05) is 46.2 Å². The fourth-order valence-corrected chi connectivity index (χ4v) is 12.5. The number of fused-ring (bicyclic) bond motifs is 4. The number of benzene rings is 4. The SMILES string of the molecule is CCC1(CC)CC(=O)N([C@@H]2CC(C)(C)Oc3ccc(C(=O)N[C@@H]4c5cc(F)ccc5OC(C)(CCC5(C)C[C@@H](N6C(=O)CC(C)(C)N=C6N)c6cc(C(=O)N[C@@H]7c8ccccc8OC(C)(C)[C@H]7O)ccc6O5)[C@H]4O)cc32)C(N)=N1. The van der Waals surface area contributed by atoms with Crippen LogP contribution < -0.4 is 41.0 Å². The number of aliphatic hydroxyl groups excluding tert-OH is 2. The van der Waals surface area contributed by atoms with Crippen molar-refractivity contribution in [1.82, 2.24) is 20.4 Å². The first-order chi connectivity index (χ1) is 37.1. The second-order valence-corrected chi connectivity index (χ2v) is 24.6. The summed E-state index contributed by atoms with van der Waals surface area (Å²) in [5.41, 5.74) is 10.1. The number of para-hydroxylation sites is 1. The molecule has 0 bridgehead atoms. The standard InChI is InChI=1S/C60H73FN8O10/c1-11-60(12-2)31-46(71)68(54(63)67-60)39-28-56(5,6)76-42-20-17-32(25-36(39)42)52(75)65-48-38-27-34(61)19-22-44(38)79-59(10,50(48)73)24-23-58(9)29-40(69-45(70)30-55(3,4)66-53(69)62)37-26-33(18-21-43(37)78-58)51(74)64-47-35-15-13-14-16-41(35)77-57(7,8)49(47)72/h13-22,25-27,39-40,47-50,72-73H,11-12,23-24,28-31H2,1-10H3,(H2,62,66)(H2,63,67)(H,64,74)(H,65,75)/t39-,40-,47-,48-,49+,50+,58?,59?/m1/s1. The van der Waals surface area contributed by atoms with Gasteiger partial charge in [-0.15, -0.1) is 0 Å². The van der Waals surface area contributed by atoms with E-state index in [0.717, 1.165) is 0 Å². The summed E-state index contributed by atoms with van der Waals surface area (Å²) in [6.45, 7) is 18.6. The van der Waals surface area contributed by atoms with Crippen molar-refractivity contribution in [2.75, 3.05) is 0 Å². The van der Waals surface area contributed by atoms with Crippen LogP contribution in [0.4, 0.5) is 4.39 Å². The third kappa shape index (κ3) is 10.1. The molecule has 4 aromatic carbocycles. The lowest BCUT2D eigenvalue weighted by atomic mass is 9.77. The minimum atomic E-state index is -1.45. The van der Waals surface area contributed by atoms with E-state index in [1.54, 1.807) is 69.3 Å². The first-order valence-electron chi connectivity index (χ1n) is 27.3. The fraction of sp³-hybridized carbons (Fsp3) is 0.500. The summed E-state index contributed by atoms with van der Waals surface area (Å²) >= 11 is 0. The Morgan fingerprint density at radius 1 is 0.633 bits per heavy atom. The topological polar surface area (TPSA) is 253 Å². The molecule has 10 rings (SSSR count). The van der Waals surface area contributed by atoms with Gasteiger partial charge in [0.25, 0.3) is 11.8 Å². The number of carbonyl (C=O) groups excluding carboxylic acids is 4. The van der Waals surface area contributed by atoms with Crippen molar-refractivity contribution in [2.45, 2.75) is 190 Å². The van der Waals surface area contributed by atoms with Gasteiger partial charge in [-0.1, -0.05) is 32.0 Å². The highest BCUT2D eigenvalue weighted by atomic mass is 19.1. The lowest BCUT2D eigenvalue weighted by Crippen LogP contribution is -2.57. The predicted molar refractivity (Wildman–Crippen MR) is 293 cm³/mol. The fourth-order valence-electron chi connectivity index (χ4n) is 12.5. The van der Waals surface area contributed by atoms with Gasteiger partial charge in [0.05, 0.1) is 48.1 Å². The molecule has 79 heavy (non-hydrogen) atoms. The van der Waals surface area contributed by atoms with Gasteiger partial charge >= 0.3 is 0 Å². The van der Waals surface area contributed by atoms with E-state index in [0.29, 0.717) is 53.2 Å². The average molecular weight is 1090 g/mol. The molecule has 8 N–H and O–H groups in total. The van der Waals surface area contributed by atoms with Crippen LogP contribution >= 0.6 is 0 Å². The van der Waals surface area contributed by atoms with Crippen LogP contribution in [0.2, 0.25) is 0 Å². The normalized spacial score (nSPS) is 28.8. The molecule has 4 aromatic rings. The lowest BCUT2D eigenvalue weighted by molar-refractivity contribution is -0.134. The maximum absolute atomic E-state index is 15.2. The number of nitrogens with zero attached hydrogens (tertiary/aromatic N) is 4. The van der Waals surface area contributed by atoms with Gasteiger partial charge in [-0.05, 0) is 142 Å². The van der Waals surface area contributed by atoms with E-state index in [9.17, 15) is 29.4 Å².